The Labute approximate surface area is 157 Å². The summed E-state index contributed by atoms with van der Waals surface area (Å²) in [4.78, 5) is 30.8. The molecule has 1 heterocycles. The van der Waals surface area contributed by atoms with Crippen LogP contribution in [0, 0.1) is 0 Å². The van der Waals surface area contributed by atoms with Crippen LogP contribution in [0.1, 0.15) is 10.4 Å². The molecule has 2 aromatic carbocycles. The maximum atomic E-state index is 12.6. The maximum absolute atomic E-state index is 12.6. The summed E-state index contributed by atoms with van der Waals surface area (Å²) in [5.41, 5.74) is 0.542. The minimum absolute atomic E-state index is 0.166. The molecule has 0 aliphatic heterocycles. The predicted molar refractivity (Wildman–Crippen MR) is 105 cm³/mol. The minimum atomic E-state index is -0.501. The number of hydrogen-bond donors (Lipinski definition) is 0. The van der Waals surface area contributed by atoms with Crippen LogP contribution in [0.2, 0.25) is 0 Å². The minimum Gasteiger partial charge on any atom is -0.456 e. The molecular formula is C21H19N3O3. The fourth-order valence-corrected chi connectivity index (χ4v) is 2.40. The summed E-state index contributed by atoms with van der Waals surface area (Å²) in [5, 5.41) is 0. The molecule has 3 aromatic rings. The van der Waals surface area contributed by atoms with E-state index in [2.05, 4.69) is 4.99 Å². The first-order chi connectivity index (χ1) is 13.0. The molecule has 0 atom stereocenters. The largest absolute Gasteiger partial charge is 0.456 e. The summed E-state index contributed by atoms with van der Waals surface area (Å²) in [5.74, 6) is 0.193. The van der Waals surface area contributed by atoms with E-state index in [9.17, 15) is 9.59 Å². The normalized spacial score (nSPS) is 10.7. The quantitative estimate of drug-likeness (QED) is 0.516. The Morgan fingerprint density at radius 3 is 2.30 bits per heavy atom. The van der Waals surface area contributed by atoms with Crippen molar-refractivity contribution in [1.82, 2.24) is 9.47 Å². The molecule has 0 spiro atoms. The standard InChI is InChI=1S/C21H19N3O3/c1-23(2)15-22-21(26)18-14-24(16-9-5-3-6-10-16)20(25)13-19(18)27-17-11-7-4-8-12-17/h3-15H,1-2H3. The average molecular weight is 361 g/mol. The van der Waals surface area contributed by atoms with Crippen LogP contribution in [-0.2, 0) is 0 Å². The lowest BCUT2D eigenvalue weighted by Gasteiger charge is -2.12. The van der Waals surface area contributed by atoms with Crippen molar-refractivity contribution in [2.24, 2.45) is 4.99 Å². The van der Waals surface area contributed by atoms with Gasteiger partial charge in [-0.05, 0) is 24.3 Å². The van der Waals surface area contributed by atoms with Crippen LogP contribution in [0.5, 0.6) is 11.5 Å². The molecule has 0 aliphatic carbocycles. The molecule has 0 saturated heterocycles. The van der Waals surface area contributed by atoms with Crippen molar-refractivity contribution in [2.75, 3.05) is 14.1 Å². The highest BCUT2D eigenvalue weighted by Crippen LogP contribution is 2.25. The number of para-hydroxylation sites is 2. The highest BCUT2D eigenvalue weighted by atomic mass is 16.5. The molecule has 6 heteroatoms. The predicted octanol–water partition coefficient (Wildman–Crippen LogP) is 3.36. The molecule has 0 unspecified atom stereocenters. The van der Waals surface area contributed by atoms with Crippen LogP contribution >= 0.6 is 0 Å². The Morgan fingerprint density at radius 1 is 1.04 bits per heavy atom. The molecule has 1 aromatic heterocycles. The van der Waals surface area contributed by atoms with Gasteiger partial charge in [0.25, 0.3) is 11.5 Å². The third-order valence-corrected chi connectivity index (χ3v) is 3.66. The Hall–Kier alpha value is -3.67. The van der Waals surface area contributed by atoms with Crippen molar-refractivity contribution in [3.63, 3.8) is 0 Å². The van der Waals surface area contributed by atoms with Gasteiger partial charge in [0.15, 0.2) is 0 Å². The maximum Gasteiger partial charge on any atom is 0.283 e. The first-order valence-corrected chi connectivity index (χ1v) is 8.34. The summed E-state index contributed by atoms with van der Waals surface area (Å²) in [6, 6.07) is 19.4. The zero-order chi connectivity index (χ0) is 19.2. The fourth-order valence-electron chi connectivity index (χ4n) is 2.40. The van der Waals surface area contributed by atoms with Gasteiger partial charge in [-0.25, -0.2) is 0 Å². The lowest BCUT2D eigenvalue weighted by molar-refractivity contribution is 0.0999. The lowest BCUT2D eigenvalue weighted by Crippen LogP contribution is -2.19. The lowest BCUT2D eigenvalue weighted by atomic mass is 10.2. The summed E-state index contributed by atoms with van der Waals surface area (Å²) in [7, 11) is 3.53. The molecule has 1 amide bonds. The van der Waals surface area contributed by atoms with E-state index in [0.717, 1.165) is 0 Å². The highest BCUT2D eigenvalue weighted by molar-refractivity contribution is 6.00. The van der Waals surface area contributed by atoms with Gasteiger partial charge in [0.05, 0.1) is 6.34 Å². The second-order valence-electron chi connectivity index (χ2n) is 6.02. The number of aromatic nitrogens is 1. The molecule has 0 bridgehead atoms. The molecule has 136 valence electrons. The molecule has 0 fully saturated rings. The number of carbonyl (C=O) groups excluding carboxylic acids is 1. The second kappa shape index (κ2) is 8.14. The van der Waals surface area contributed by atoms with Gasteiger partial charge in [-0.1, -0.05) is 36.4 Å². The number of aliphatic imine (C=N–C) groups is 1. The van der Waals surface area contributed by atoms with Gasteiger partial charge in [-0.3, -0.25) is 14.2 Å². The third-order valence-electron chi connectivity index (χ3n) is 3.66. The van der Waals surface area contributed by atoms with E-state index < -0.39 is 5.91 Å². The Kier molecular flexibility index (Phi) is 5.47. The van der Waals surface area contributed by atoms with Crippen LogP contribution in [0.4, 0.5) is 0 Å². The van der Waals surface area contributed by atoms with E-state index in [1.54, 1.807) is 43.3 Å². The summed E-state index contributed by atoms with van der Waals surface area (Å²) < 4.78 is 7.19. The van der Waals surface area contributed by atoms with Gasteiger partial charge < -0.3 is 9.64 Å². The van der Waals surface area contributed by atoms with Crippen molar-refractivity contribution in [2.45, 2.75) is 0 Å². The molecule has 0 N–H and O–H groups in total. The van der Waals surface area contributed by atoms with E-state index in [0.29, 0.717) is 11.4 Å². The van der Waals surface area contributed by atoms with E-state index in [-0.39, 0.29) is 16.9 Å². The van der Waals surface area contributed by atoms with Crippen LogP contribution in [-0.4, -0.2) is 35.8 Å². The molecule has 0 saturated carbocycles. The summed E-state index contributed by atoms with van der Waals surface area (Å²) in [6.07, 6.45) is 2.87. The van der Waals surface area contributed by atoms with E-state index in [1.165, 1.54) is 23.2 Å². The van der Waals surface area contributed by atoms with Crippen LogP contribution in [0.25, 0.3) is 5.69 Å². The van der Waals surface area contributed by atoms with Crippen molar-refractivity contribution >= 4 is 12.2 Å². The Balaban J connectivity index is 2.10. The van der Waals surface area contributed by atoms with Crippen molar-refractivity contribution in [3.05, 3.63) is 88.8 Å². The molecule has 0 aliphatic rings. The number of benzene rings is 2. The van der Waals surface area contributed by atoms with Gasteiger partial charge in [0.1, 0.15) is 17.1 Å². The zero-order valence-electron chi connectivity index (χ0n) is 15.1. The van der Waals surface area contributed by atoms with Gasteiger partial charge in [0, 0.05) is 32.0 Å². The Bertz CT molecular complexity index is 1010. The fraction of sp³-hybridized carbons (Fsp3) is 0.0952. The number of carbonyl (C=O) groups is 1. The molecular weight excluding hydrogens is 342 g/mol. The number of ether oxygens (including phenoxy) is 1. The van der Waals surface area contributed by atoms with Crippen LogP contribution < -0.4 is 10.3 Å². The number of amides is 1. The molecule has 0 radical (unpaired) electrons. The smallest absolute Gasteiger partial charge is 0.283 e. The van der Waals surface area contributed by atoms with Gasteiger partial charge >= 0.3 is 0 Å². The first-order valence-electron chi connectivity index (χ1n) is 8.34. The van der Waals surface area contributed by atoms with Gasteiger partial charge in [0.2, 0.25) is 0 Å². The number of hydrogen-bond acceptors (Lipinski definition) is 3. The molecule has 3 rings (SSSR count). The number of nitrogens with zero attached hydrogens (tertiary/aromatic N) is 3. The van der Waals surface area contributed by atoms with Crippen molar-refractivity contribution in [1.29, 1.82) is 0 Å². The van der Waals surface area contributed by atoms with Gasteiger partial charge in [-0.2, -0.15) is 4.99 Å². The first kappa shape index (κ1) is 18.1. The highest BCUT2D eigenvalue weighted by Gasteiger charge is 2.16. The number of pyridine rings is 1. The summed E-state index contributed by atoms with van der Waals surface area (Å²) in [6.45, 7) is 0. The van der Waals surface area contributed by atoms with Crippen molar-refractivity contribution in [3.8, 4) is 17.2 Å². The van der Waals surface area contributed by atoms with E-state index in [1.807, 2.05) is 36.4 Å². The van der Waals surface area contributed by atoms with Gasteiger partial charge in [-0.15, -0.1) is 0 Å². The third kappa shape index (κ3) is 4.49. The Morgan fingerprint density at radius 2 is 1.67 bits per heavy atom. The van der Waals surface area contributed by atoms with Crippen LogP contribution in [0.3, 0.4) is 0 Å². The van der Waals surface area contributed by atoms with Crippen LogP contribution in [0.15, 0.2) is 82.7 Å². The summed E-state index contributed by atoms with van der Waals surface area (Å²) >= 11 is 0. The van der Waals surface area contributed by atoms with E-state index >= 15 is 0 Å². The SMILES string of the molecule is CN(C)C=NC(=O)c1cn(-c2ccccc2)c(=O)cc1Oc1ccccc1. The average Bonchev–Trinajstić information content (AvgIpc) is 2.68. The molecule has 6 nitrogen and oxygen atoms in total. The monoisotopic (exact) mass is 361 g/mol. The number of rotatable bonds is 5. The second-order valence-corrected chi connectivity index (χ2v) is 6.02. The zero-order valence-corrected chi connectivity index (χ0v) is 15.1. The topological polar surface area (TPSA) is 63.9 Å². The van der Waals surface area contributed by atoms with Crippen molar-refractivity contribution < 1.29 is 9.53 Å². The van der Waals surface area contributed by atoms with E-state index in [4.69, 9.17) is 4.74 Å². The molecule has 27 heavy (non-hydrogen) atoms.